The van der Waals surface area contributed by atoms with Gasteiger partial charge in [0.05, 0.1) is 23.6 Å². The summed E-state index contributed by atoms with van der Waals surface area (Å²) in [6, 6.07) is 14.4. The molecule has 2 aromatic heterocycles. The van der Waals surface area contributed by atoms with Gasteiger partial charge in [-0.15, -0.1) is 5.10 Å². The van der Waals surface area contributed by atoms with Crippen molar-refractivity contribution in [3.63, 3.8) is 0 Å². The van der Waals surface area contributed by atoms with Crippen molar-refractivity contribution in [1.82, 2.24) is 25.0 Å². The summed E-state index contributed by atoms with van der Waals surface area (Å²) < 4.78 is 6.60. The number of anilines is 1. The first-order valence-electron chi connectivity index (χ1n) is 9.88. The first kappa shape index (κ1) is 21.4. The predicted octanol–water partition coefficient (Wildman–Crippen LogP) is 3.43. The van der Waals surface area contributed by atoms with Crippen LogP contribution in [0.25, 0.3) is 16.9 Å². The molecule has 4 aromatic rings. The standard InChI is InChI=1S/C22H20N6O3S/c1-3-31-22(30)15-6-8-16(9-7-15)25-18(29)12-32-21-19-20(23-13-24-21)28(27-26-19)17-10-4-14(2)5-11-17/h4-11,13H,3,12H2,1-2H3,(H,25,29). The lowest BCUT2D eigenvalue weighted by atomic mass is 10.2. The number of hydrogen-bond donors (Lipinski definition) is 1. The van der Waals surface area contributed by atoms with Gasteiger partial charge in [-0.3, -0.25) is 4.79 Å². The van der Waals surface area contributed by atoms with Crippen molar-refractivity contribution in [2.24, 2.45) is 0 Å². The molecular formula is C22H20N6O3S. The third kappa shape index (κ3) is 4.75. The molecule has 9 nitrogen and oxygen atoms in total. The number of esters is 1. The molecule has 0 saturated heterocycles. The maximum Gasteiger partial charge on any atom is 0.338 e. The van der Waals surface area contributed by atoms with Crippen molar-refractivity contribution in [2.45, 2.75) is 18.9 Å². The average Bonchev–Trinajstić information content (AvgIpc) is 3.24. The molecular weight excluding hydrogens is 428 g/mol. The van der Waals surface area contributed by atoms with Crippen LogP contribution in [-0.2, 0) is 9.53 Å². The summed E-state index contributed by atoms with van der Waals surface area (Å²) in [5.41, 5.74) is 4.11. The lowest BCUT2D eigenvalue weighted by molar-refractivity contribution is -0.113. The highest BCUT2D eigenvalue weighted by Gasteiger charge is 2.15. The van der Waals surface area contributed by atoms with Crippen molar-refractivity contribution in [2.75, 3.05) is 17.7 Å². The van der Waals surface area contributed by atoms with Crippen LogP contribution in [0.1, 0.15) is 22.8 Å². The van der Waals surface area contributed by atoms with Gasteiger partial charge < -0.3 is 10.1 Å². The molecule has 0 radical (unpaired) electrons. The van der Waals surface area contributed by atoms with Crippen molar-refractivity contribution in [1.29, 1.82) is 0 Å². The van der Waals surface area contributed by atoms with Gasteiger partial charge in [-0.1, -0.05) is 34.7 Å². The molecule has 32 heavy (non-hydrogen) atoms. The van der Waals surface area contributed by atoms with Crippen LogP contribution in [0.2, 0.25) is 0 Å². The Bertz CT molecular complexity index is 1260. The Labute approximate surface area is 188 Å². The van der Waals surface area contributed by atoms with Crippen molar-refractivity contribution in [3.05, 3.63) is 66.0 Å². The van der Waals surface area contributed by atoms with Crippen molar-refractivity contribution in [3.8, 4) is 5.69 Å². The Morgan fingerprint density at radius 1 is 1.06 bits per heavy atom. The van der Waals surface area contributed by atoms with Gasteiger partial charge in [-0.05, 0) is 50.2 Å². The summed E-state index contributed by atoms with van der Waals surface area (Å²) in [5.74, 6) is -0.479. The molecule has 1 N–H and O–H groups in total. The van der Waals surface area contributed by atoms with E-state index >= 15 is 0 Å². The van der Waals surface area contributed by atoms with Crippen LogP contribution in [0.5, 0.6) is 0 Å². The SMILES string of the molecule is CCOC(=O)c1ccc(NC(=O)CSc2ncnc3c2nnn3-c2ccc(C)cc2)cc1. The van der Waals surface area contributed by atoms with E-state index in [1.807, 2.05) is 31.2 Å². The zero-order valence-electron chi connectivity index (χ0n) is 17.5. The second kappa shape index (κ2) is 9.56. The van der Waals surface area contributed by atoms with Gasteiger partial charge in [0.2, 0.25) is 5.91 Å². The lowest BCUT2D eigenvalue weighted by Gasteiger charge is -2.06. The molecule has 10 heteroatoms. The van der Waals surface area contributed by atoms with Gasteiger partial charge in [0.25, 0.3) is 0 Å². The molecule has 0 spiro atoms. The van der Waals surface area contributed by atoms with E-state index in [2.05, 4.69) is 25.6 Å². The topological polar surface area (TPSA) is 112 Å². The lowest BCUT2D eigenvalue weighted by Crippen LogP contribution is -2.14. The van der Waals surface area contributed by atoms with Crippen LogP contribution in [0.4, 0.5) is 5.69 Å². The number of benzene rings is 2. The molecule has 0 aliphatic rings. The third-order valence-corrected chi connectivity index (χ3v) is 5.48. The highest BCUT2D eigenvalue weighted by Crippen LogP contribution is 2.24. The number of carbonyl (C=O) groups is 2. The summed E-state index contributed by atoms with van der Waals surface area (Å²) in [5, 5.41) is 11.8. The van der Waals surface area contributed by atoms with Crippen molar-refractivity contribution >= 4 is 40.5 Å². The molecule has 0 bridgehead atoms. The molecule has 0 aliphatic carbocycles. The van der Waals surface area contributed by atoms with E-state index in [4.69, 9.17) is 4.74 Å². The Kier molecular flexibility index (Phi) is 6.41. The van der Waals surface area contributed by atoms with Crippen LogP contribution in [-0.4, -0.2) is 49.2 Å². The number of thioether (sulfide) groups is 1. The van der Waals surface area contributed by atoms with Gasteiger partial charge in [0.15, 0.2) is 11.2 Å². The highest BCUT2D eigenvalue weighted by atomic mass is 32.2. The maximum absolute atomic E-state index is 12.4. The van der Waals surface area contributed by atoms with E-state index in [0.29, 0.717) is 34.0 Å². The first-order chi connectivity index (χ1) is 15.5. The normalized spacial score (nSPS) is 10.8. The molecule has 2 heterocycles. The zero-order valence-corrected chi connectivity index (χ0v) is 18.3. The monoisotopic (exact) mass is 448 g/mol. The number of aromatic nitrogens is 5. The van der Waals surface area contributed by atoms with E-state index in [1.54, 1.807) is 35.9 Å². The fourth-order valence-corrected chi connectivity index (χ4v) is 3.66. The minimum atomic E-state index is -0.396. The molecule has 0 fully saturated rings. The number of carbonyl (C=O) groups excluding carboxylic acids is 2. The summed E-state index contributed by atoms with van der Waals surface area (Å²) >= 11 is 1.25. The number of ether oxygens (including phenoxy) is 1. The molecule has 4 rings (SSSR count). The number of nitrogens with zero attached hydrogens (tertiary/aromatic N) is 5. The fourth-order valence-electron chi connectivity index (χ4n) is 2.93. The quantitative estimate of drug-likeness (QED) is 0.260. The Morgan fingerprint density at radius 3 is 2.53 bits per heavy atom. The summed E-state index contributed by atoms with van der Waals surface area (Å²) in [4.78, 5) is 32.7. The van der Waals surface area contributed by atoms with Crippen molar-refractivity contribution < 1.29 is 14.3 Å². The van der Waals surface area contributed by atoms with Crippen LogP contribution in [0, 0.1) is 6.92 Å². The van der Waals surface area contributed by atoms with E-state index < -0.39 is 5.97 Å². The molecule has 0 atom stereocenters. The molecule has 0 aliphatic heterocycles. The van der Waals surface area contributed by atoms with Crippen LogP contribution in [0.15, 0.2) is 59.9 Å². The van der Waals surface area contributed by atoms with Crippen LogP contribution in [0.3, 0.4) is 0 Å². The maximum atomic E-state index is 12.4. The third-order valence-electron chi connectivity index (χ3n) is 4.50. The van der Waals surface area contributed by atoms with Gasteiger partial charge in [0, 0.05) is 5.69 Å². The molecule has 0 saturated carbocycles. The Balaban J connectivity index is 1.42. The van der Waals surface area contributed by atoms with Crippen LogP contribution >= 0.6 is 11.8 Å². The second-order valence-electron chi connectivity index (χ2n) is 6.82. The number of fused-ring (bicyclic) bond motifs is 1. The number of rotatable bonds is 7. The summed E-state index contributed by atoms with van der Waals surface area (Å²) in [6.45, 7) is 4.07. The second-order valence-corrected chi connectivity index (χ2v) is 7.79. The molecule has 0 unspecified atom stereocenters. The molecule has 162 valence electrons. The van der Waals surface area contributed by atoms with E-state index in [-0.39, 0.29) is 11.7 Å². The van der Waals surface area contributed by atoms with Gasteiger partial charge in [-0.25, -0.2) is 14.8 Å². The smallest absolute Gasteiger partial charge is 0.338 e. The van der Waals surface area contributed by atoms with E-state index in [9.17, 15) is 9.59 Å². The predicted molar refractivity (Wildman–Crippen MR) is 121 cm³/mol. The minimum absolute atomic E-state index is 0.128. The van der Waals surface area contributed by atoms with Gasteiger partial charge in [-0.2, -0.15) is 4.68 Å². The molecule has 1 amide bonds. The van der Waals surface area contributed by atoms with E-state index in [1.165, 1.54) is 18.1 Å². The average molecular weight is 449 g/mol. The molecule has 2 aromatic carbocycles. The van der Waals surface area contributed by atoms with Gasteiger partial charge >= 0.3 is 5.97 Å². The summed E-state index contributed by atoms with van der Waals surface area (Å²) in [7, 11) is 0. The number of hydrogen-bond acceptors (Lipinski definition) is 8. The van der Waals surface area contributed by atoms with E-state index in [0.717, 1.165) is 11.3 Å². The Morgan fingerprint density at radius 2 is 1.81 bits per heavy atom. The fraction of sp³-hybridized carbons (Fsp3) is 0.182. The largest absolute Gasteiger partial charge is 0.462 e. The minimum Gasteiger partial charge on any atom is -0.462 e. The number of aryl methyl sites for hydroxylation is 1. The number of nitrogens with one attached hydrogen (secondary N) is 1. The Hall–Kier alpha value is -3.79. The highest BCUT2D eigenvalue weighted by molar-refractivity contribution is 8.00. The van der Waals surface area contributed by atoms with Crippen LogP contribution < -0.4 is 5.32 Å². The number of amides is 1. The summed E-state index contributed by atoms with van der Waals surface area (Å²) in [6.07, 6.45) is 1.44. The van der Waals surface area contributed by atoms with Gasteiger partial charge in [0.1, 0.15) is 11.4 Å². The zero-order chi connectivity index (χ0) is 22.5. The first-order valence-corrected chi connectivity index (χ1v) is 10.9.